The van der Waals surface area contributed by atoms with Crippen LogP contribution in [-0.2, 0) is 11.3 Å². The van der Waals surface area contributed by atoms with E-state index in [0.29, 0.717) is 0 Å². The number of benzene rings is 1. The van der Waals surface area contributed by atoms with Crippen molar-refractivity contribution in [2.24, 2.45) is 0 Å². The highest BCUT2D eigenvalue weighted by Gasteiger charge is 2.11. The van der Waals surface area contributed by atoms with Gasteiger partial charge in [-0.2, -0.15) is 0 Å². The average molecular weight is 234 g/mol. The van der Waals surface area contributed by atoms with Gasteiger partial charge in [0.05, 0.1) is 13.2 Å². The quantitative estimate of drug-likeness (QED) is 0.844. The molecule has 1 aromatic rings. The van der Waals surface area contributed by atoms with Crippen LogP contribution in [0.3, 0.4) is 0 Å². The summed E-state index contributed by atoms with van der Waals surface area (Å²) in [4.78, 5) is 13.9. The monoisotopic (exact) mass is 234 g/mol. The molecule has 0 aromatic heterocycles. The highest BCUT2D eigenvalue weighted by Crippen LogP contribution is 2.09. The Kier molecular flexibility index (Phi) is 4.12. The maximum atomic E-state index is 11.5. The van der Waals surface area contributed by atoms with Crippen LogP contribution in [0.25, 0.3) is 0 Å². The van der Waals surface area contributed by atoms with Gasteiger partial charge >= 0.3 is 0 Å². The molecule has 1 aliphatic rings. The lowest BCUT2D eigenvalue weighted by atomic mass is 10.1. The van der Waals surface area contributed by atoms with Crippen LogP contribution in [0.2, 0.25) is 0 Å². The molecule has 1 saturated heterocycles. The second-order valence-corrected chi connectivity index (χ2v) is 4.17. The van der Waals surface area contributed by atoms with Crippen LogP contribution >= 0.6 is 0 Å². The highest BCUT2D eigenvalue weighted by atomic mass is 16.5. The minimum absolute atomic E-state index is 0.0335. The second-order valence-electron chi connectivity index (χ2n) is 4.17. The van der Waals surface area contributed by atoms with Crippen LogP contribution in [-0.4, -0.2) is 44.2 Å². The lowest BCUT2D eigenvalue weighted by Crippen LogP contribution is -2.35. The normalized spacial score (nSPS) is 16.8. The van der Waals surface area contributed by atoms with Gasteiger partial charge in [0.2, 0.25) is 0 Å². The number of carbonyl (C=O) groups excluding carboxylic acids is 1. The Morgan fingerprint density at radius 1 is 1.41 bits per heavy atom. The van der Waals surface area contributed by atoms with Gasteiger partial charge in [-0.3, -0.25) is 9.69 Å². The third kappa shape index (κ3) is 3.28. The average Bonchev–Trinajstić information content (AvgIpc) is 2.39. The zero-order chi connectivity index (χ0) is 12.1. The van der Waals surface area contributed by atoms with Crippen molar-refractivity contribution in [1.29, 1.82) is 0 Å². The Labute approximate surface area is 102 Å². The number of nitrogens with one attached hydrogen (secondary N) is 1. The molecule has 0 spiro atoms. The van der Waals surface area contributed by atoms with E-state index in [0.717, 1.165) is 38.4 Å². The van der Waals surface area contributed by atoms with Gasteiger partial charge in [0.15, 0.2) is 0 Å². The molecule has 0 aliphatic carbocycles. The van der Waals surface area contributed by atoms with E-state index < -0.39 is 0 Å². The Balaban J connectivity index is 2.02. The molecule has 17 heavy (non-hydrogen) atoms. The van der Waals surface area contributed by atoms with Gasteiger partial charge < -0.3 is 10.1 Å². The molecular weight excluding hydrogens is 216 g/mol. The van der Waals surface area contributed by atoms with Gasteiger partial charge in [-0.05, 0) is 17.7 Å². The van der Waals surface area contributed by atoms with Gasteiger partial charge in [0, 0.05) is 32.2 Å². The number of hydrogen-bond acceptors (Lipinski definition) is 3. The smallest absolute Gasteiger partial charge is 0.251 e. The Hall–Kier alpha value is -1.39. The fourth-order valence-corrected chi connectivity index (χ4v) is 1.97. The second kappa shape index (κ2) is 5.80. The van der Waals surface area contributed by atoms with Gasteiger partial charge in [0.25, 0.3) is 5.91 Å². The zero-order valence-corrected chi connectivity index (χ0v) is 10.1. The molecule has 1 N–H and O–H groups in total. The van der Waals surface area contributed by atoms with E-state index in [2.05, 4.69) is 16.3 Å². The summed E-state index contributed by atoms with van der Waals surface area (Å²) in [6.07, 6.45) is 0. The van der Waals surface area contributed by atoms with Crippen molar-refractivity contribution in [3.05, 3.63) is 35.4 Å². The van der Waals surface area contributed by atoms with Crippen LogP contribution < -0.4 is 5.32 Å². The first-order chi connectivity index (χ1) is 8.29. The first-order valence-corrected chi connectivity index (χ1v) is 5.91. The van der Waals surface area contributed by atoms with E-state index in [-0.39, 0.29) is 5.91 Å². The maximum Gasteiger partial charge on any atom is 0.251 e. The highest BCUT2D eigenvalue weighted by molar-refractivity contribution is 5.94. The molecule has 1 aromatic carbocycles. The fourth-order valence-electron chi connectivity index (χ4n) is 1.97. The van der Waals surface area contributed by atoms with Crippen LogP contribution in [0, 0.1) is 0 Å². The van der Waals surface area contributed by atoms with Crippen LogP contribution in [0.15, 0.2) is 24.3 Å². The van der Waals surface area contributed by atoms with Gasteiger partial charge in [0.1, 0.15) is 0 Å². The molecule has 1 amide bonds. The van der Waals surface area contributed by atoms with E-state index in [1.54, 1.807) is 7.05 Å². The van der Waals surface area contributed by atoms with Gasteiger partial charge in [-0.25, -0.2) is 0 Å². The van der Waals surface area contributed by atoms with E-state index in [1.165, 1.54) is 5.56 Å². The molecule has 1 aliphatic heterocycles. The minimum Gasteiger partial charge on any atom is -0.379 e. The molecule has 4 heteroatoms. The maximum absolute atomic E-state index is 11.5. The predicted molar refractivity (Wildman–Crippen MR) is 65.9 cm³/mol. The van der Waals surface area contributed by atoms with Gasteiger partial charge in [-0.15, -0.1) is 0 Å². The SMILES string of the molecule is CNC(=O)c1cccc(CN2CCOCC2)c1. The van der Waals surface area contributed by atoms with E-state index >= 15 is 0 Å². The third-order valence-corrected chi connectivity index (χ3v) is 2.93. The first kappa shape index (κ1) is 12.1. The minimum atomic E-state index is -0.0335. The summed E-state index contributed by atoms with van der Waals surface area (Å²) < 4.78 is 5.31. The van der Waals surface area contributed by atoms with Crippen LogP contribution in [0.4, 0.5) is 0 Å². The molecule has 4 nitrogen and oxygen atoms in total. The van der Waals surface area contributed by atoms with E-state index in [1.807, 2.05) is 18.2 Å². The van der Waals surface area contributed by atoms with Crippen molar-refractivity contribution in [1.82, 2.24) is 10.2 Å². The largest absolute Gasteiger partial charge is 0.379 e. The van der Waals surface area contributed by atoms with Crippen molar-refractivity contribution < 1.29 is 9.53 Å². The fraction of sp³-hybridized carbons (Fsp3) is 0.462. The summed E-state index contributed by atoms with van der Waals surface area (Å²) in [5.74, 6) is -0.0335. The van der Waals surface area contributed by atoms with Crippen molar-refractivity contribution in [2.45, 2.75) is 6.54 Å². The molecular formula is C13H18N2O2. The molecule has 1 heterocycles. The van der Waals surface area contributed by atoms with Crippen LogP contribution in [0.1, 0.15) is 15.9 Å². The number of morpholine rings is 1. The number of carbonyl (C=O) groups is 1. The first-order valence-electron chi connectivity index (χ1n) is 5.91. The lowest BCUT2D eigenvalue weighted by Gasteiger charge is -2.26. The van der Waals surface area contributed by atoms with Crippen molar-refractivity contribution in [2.75, 3.05) is 33.4 Å². The zero-order valence-electron chi connectivity index (χ0n) is 10.1. The Morgan fingerprint density at radius 3 is 2.88 bits per heavy atom. The summed E-state index contributed by atoms with van der Waals surface area (Å²) in [5.41, 5.74) is 1.89. The molecule has 1 fully saturated rings. The summed E-state index contributed by atoms with van der Waals surface area (Å²) in [6, 6.07) is 7.78. The molecule has 2 rings (SSSR count). The number of amides is 1. The van der Waals surface area contributed by atoms with Gasteiger partial charge in [-0.1, -0.05) is 12.1 Å². The number of rotatable bonds is 3. The standard InChI is InChI=1S/C13H18N2O2/c1-14-13(16)12-4-2-3-11(9-12)10-15-5-7-17-8-6-15/h2-4,9H,5-8,10H2,1H3,(H,14,16). The lowest BCUT2D eigenvalue weighted by molar-refractivity contribution is 0.0342. The molecule has 0 saturated carbocycles. The Bertz CT molecular complexity index is 387. The van der Waals surface area contributed by atoms with Crippen LogP contribution in [0.5, 0.6) is 0 Å². The Morgan fingerprint density at radius 2 is 2.18 bits per heavy atom. The molecule has 92 valence electrons. The summed E-state index contributed by atoms with van der Waals surface area (Å²) in [5, 5.41) is 2.64. The molecule has 0 radical (unpaired) electrons. The summed E-state index contributed by atoms with van der Waals surface area (Å²) in [7, 11) is 1.65. The van der Waals surface area contributed by atoms with Crippen molar-refractivity contribution >= 4 is 5.91 Å². The summed E-state index contributed by atoms with van der Waals surface area (Å²) >= 11 is 0. The van der Waals surface area contributed by atoms with Crippen molar-refractivity contribution in [3.8, 4) is 0 Å². The third-order valence-electron chi connectivity index (χ3n) is 2.93. The number of hydrogen-bond donors (Lipinski definition) is 1. The molecule has 0 atom stereocenters. The van der Waals surface area contributed by atoms with E-state index in [4.69, 9.17) is 4.74 Å². The summed E-state index contributed by atoms with van der Waals surface area (Å²) in [6.45, 7) is 4.41. The predicted octanol–water partition coefficient (Wildman–Crippen LogP) is 0.878. The van der Waals surface area contributed by atoms with E-state index in [9.17, 15) is 4.79 Å². The number of nitrogens with zero attached hydrogens (tertiary/aromatic N) is 1. The number of ether oxygens (including phenoxy) is 1. The molecule has 0 unspecified atom stereocenters. The topological polar surface area (TPSA) is 41.6 Å². The van der Waals surface area contributed by atoms with Crippen molar-refractivity contribution in [3.63, 3.8) is 0 Å². The molecule has 0 bridgehead atoms.